The molecule has 1 amide bonds. The summed E-state index contributed by atoms with van der Waals surface area (Å²) >= 11 is 0. The second-order valence-electron chi connectivity index (χ2n) is 4.69. The fourth-order valence-electron chi connectivity index (χ4n) is 1.97. The highest BCUT2D eigenvalue weighted by atomic mass is 16.5. The molecule has 1 saturated carbocycles. The van der Waals surface area contributed by atoms with Crippen LogP contribution in [0.1, 0.15) is 23.2 Å². The number of carbonyl (C=O) groups is 1. The fraction of sp³-hybridized carbons (Fsp3) is 0.400. The van der Waals surface area contributed by atoms with Crippen molar-refractivity contribution in [1.29, 1.82) is 0 Å². The molecule has 2 rings (SSSR count). The van der Waals surface area contributed by atoms with E-state index in [4.69, 9.17) is 11.2 Å². The van der Waals surface area contributed by atoms with Crippen molar-refractivity contribution in [1.82, 2.24) is 4.90 Å². The van der Waals surface area contributed by atoms with Gasteiger partial charge in [0.05, 0.1) is 19.2 Å². The number of methoxy groups -OCH3 is 1. The van der Waals surface area contributed by atoms with Gasteiger partial charge in [0.25, 0.3) is 5.91 Å². The SMILES string of the molecule is C#CCN(CC1CC1)C(=O)c1cccc(OC)c1O. The number of para-hydroxylation sites is 1. The Bertz CT molecular complexity index is 515. The van der Waals surface area contributed by atoms with Gasteiger partial charge >= 0.3 is 0 Å². The third kappa shape index (κ3) is 3.00. The molecule has 0 aromatic heterocycles. The molecule has 19 heavy (non-hydrogen) atoms. The summed E-state index contributed by atoms with van der Waals surface area (Å²) in [5.41, 5.74) is 0.232. The largest absolute Gasteiger partial charge is 0.504 e. The number of phenols is 1. The van der Waals surface area contributed by atoms with Gasteiger partial charge in [-0.1, -0.05) is 12.0 Å². The summed E-state index contributed by atoms with van der Waals surface area (Å²) in [6.07, 6.45) is 7.58. The molecule has 1 aromatic carbocycles. The van der Waals surface area contributed by atoms with Crippen LogP contribution in [0, 0.1) is 18.3 Å². The maximum absolute atomic E-state index is 12.4. The van der Waals surface area contributed by atoms with Crippen LogP contribution in [0.25, 0.3) is 0 Å². The summed E-state index contributed by atoms with van der Waals surface area (Å²) in [7, 11) is 1.45. The van der Waals surface area contributed by atoms with Crippen molar-refractivity contribution < 1.29 is 14.6 Å². The van der Waals surface area contributed by atoms with Crippen LogP contribution in [-0.4, -0.2) is 36.1 Å². The van der Waals surface area contributed by atoms with E-state index in [1.54, 1.807) is 23.1 Å². The minimum absolute atomic E-state index is 0.132. The highest BCUT2D eigenvalue weighted by Crippen LogP contribution is 2.33. The quantitative estimate of drug-likeness (QED) is 0.821. The number of amides is 1. The number of phenolic OH excluding ortho intramolecular Hbond substituents is 1. The summed E-state index contributed by atoms with van der Waals surface area (Å²) in [6, 6.07) is 4.87. The second kappa shape index (κ2) is 5.66. The molecule has 4 heteroatoms. The zero-order valence-corrected chi connectivity index (χ0v) is 10.9. The average molecular weight is 259 g/mol. The second-order valence-corrected chi connectivity index (χ2v) is 4.69. The van der Waals surface area contributed by atoms with Gasteiger partial charge in [-0.25, -0.2) is 0 Å². The van der Waals surface area contributed by atoms with Crippen LogP contribution >= 0.6 is 0 Å². The first kappa shape index (κ1) is 13.3. The lowest BCUT2D eigenvalue weighted by Crippen LogP contribution is -2.33. The van der Waals surface area contributed by atoms with Gasteiger partial charge in [0, 0.05) is 6.54 Å². The molecule has 0 unspecified atom stereocenters. The summed E-state index contributed by atoms with van der Waals surface area (Å²) in [5, 5.41) is 10.0. The molecular formula is C15H17NO3. The van der Waals surface area contributed by atoms with Gasteiger partial charge < -0.3 is 14.7 Å². The highest BCUT2D eigenvalue weighted by Gasteiger charge is 2.28. The van der Waals surface area contributed by atoms with E-state index < -0.39 is 0 Å². The number of rotatable bonds is 5. The van der Waals surface area contributed by atoms with Gasteiger partial charge in [-0.05, 0) is 30.9 Å². The number of hydrogen-bond donors (Lipinski definition) is 1. The lowest BCUT2D eigenvalue weighted by atomic mass is 10.1. The van der Waals surface area contributed by atoms with Gasteiger partial charge in [-0.15, -0.1) is 6.42 Å². The van der Waals surface area contributed by atoms with Crippen LogP contribution in [0.2, 0.25) is 0 Å². The summed E-state index contributed by atoms with van der Waals surface area (Å²) in [4.78, 5) is 14.0. The molecule has 0 bridgehead atoms. The summed E-state index contributed by atoms with van der Waals surface area (Å²) in [6.45, 7) is 0.908. The predicted molar refractivity (Wildman–Crippen MR) is 72.1 cm³/mol. The van der Waals surface area contributed by atoms with Crippen molar-refractivity contribution in [2.75, 3.05) is 20.2 Å². The lowest BCUT2D eigenvalue weighted by molar-refractivity contribution is 0.0766. The van der Waals surface area contributed by atoms with Gasteiger partial charge in [0.2, 0.25) is 0 Å². The van der Waals surface area contributed by atoms with Crippen LogP contribution < -0.4 is 4.74 Å². The molecule has 1 aliphatic carbocycles. The smallest absolute Gasteiger partial charge is 0.258 e. The Hall–Kier alpha value is -2.15. The number of terminal acetylenes is 1. The maximum atomic E-state index is 12.4. The minimum atomic E-state index is -0.249. The number of ether oxygens (including phenoxy) is 1. The first-order valence-electron chi connectivity index (χ1n) is 6.26. The number of hydrogen-bond acceptors (Lipinski definition) is 3. The van der Waals surface area contributed by atoms with E-state index in [0.29, 0.717) is 12.5 Å². The average Bonchev–Trinajstić information content (AvgIpc) is 3.22. The van der Waals surface area contributed by atoms with Crippen molar-refractivity contribution in [3.63, 3.8) is 0 Å². The van der Waals surface area contributed by atoms with E-state index in [2.05, 4.69) is 5.92 Å². The zero-order valence-electron chi connectivity index (χ0n) is 10.9. The normalized spacial score (nSPS) is 13.7. The van der Waals surface area contributed by atoms with Crippen LogP contribution in [0.15, 0.2) is 18.2 Å². The standard InChI is InChI=1S/C15H17NO3/c1-3-9-16(10-11-7-8-11)15(18)12-5-4-6-13(19-2)14(12)17/h1,4-6,11,17H,7-10H2,2H3. The van der Waals surface area contributed by atoms with E-state index in [1.807, 2.05) is 0 Å². The molecular weight excluding hydrogens is 242 g/mol. The molecule has 0 heterocycles. The molecule has 0 atom stereocenters. The monoisotopic (exact) mass is 259 g/mol. The Kier molecular flexibility index (Phi) is 3.96. The van der Waals surface area contributed by atoms with Crippen LogP contribution in [0.4, 0.5) is 0 Å². The van der Waals surface area contributed by atoms with Gasteiger partial charge in [-0.2, -0.15) is 0 Å². The fourth-order valence-corrected chi connectivity index (χ4v) is 1.97. The van der Waals surface area contributed by atoms with Crippen molar-refractivity contribution in [2.45, 2.75) is 12.8 Å². The third-order valence-corrected chi connectivity index (χ3v) is 3.19. The van der Waals surface area contributed by atoms with Crippen LogP contribution in [0.5, 0.6) is 11.5 Å². The van der Waals surface area contributed by atoms with Gasteiger partial charge in [-0.3, -0.25) is 4.79 Å². The molecule has 0 aliphatic heterocycles. The Labute approximate surface area is 113 Å². The van der Waals surface area contributed by atoms with Crippen molar-refractivity contribution >= 4 is 5.91 Å². The molecule has 1 aliphatic rings. The van der Waals surface area contributed by atoms with E-state index in [9.17, 15) is 9.90 Å². The lowest BCUT2D eigenvalue weighted by Gasteiger charge is -2.21. The topological polar surface area (TPSA) is 49.8 Å². The Morgan fingerprint density at radius 3 is 2.89 bits per heavy atom. The van der Waals surface area contributed by atoms with E-state index >= 15 is 0 Å². The Balaban J connectivity index is 2.22. The highest BCUT2D eigenvalue weighted by molar-refractivity contribution is 5.97. The van der Waals surface area contributed by atoms with E-state index in [1.165, 1.54) is 7.11 Å². The molecule has 100 valence electrons. The predicted octanol–water partition coefficient (Wildman–Crippen LogP) is 1.89. The van der Waals surface area contributed by atoms with Gasteiger partial charge in [0.1, 0.15) is 0 Å². The molecule has 4 nitrogen and oxygen atoms in total. The maximum Gasteiger partial charge on any atom is 0.258 e. The Morgan fingerprint density at radius 1 is 1.58 bits per heavy atom. The summed E-state index contributed by atoms with van der Waals surface area (Å²) < 4.78 is 5.01. The molecule has 1 fully saturated rings. The molecule has 0 saturated heterocycles. The first-order valence-corrected chi connectivity index (χ1v) is 6.26. The van der Waals surface area contributed by atoms with Crippen molar-refractivity contribution in [3.8, 4) is 23.8 Å². The first-order chi connectivity index (χ1) is 9.17. The molecule has 1 aromatic rings. The third-order valence-electron chi connectivity index (χ3n) is 3.19. The molecule has 1 N–H and O–H groups in total. The van der Waals surface area contributed by atoms with Crippen molar-refractivity contribution in [3.05, 3.63) is 23.8 Å². The number of aromatic hydroxyl groups is 1. The summed E-state index contributed by atoms with van der Waals surface area (Å²) in [5.74, 6) is 2.95. The Morgan fingerprint density at radius 2 is 2.32 bits per heavy atom. The number of benzene rings is 1. The van der Waals surface area contributed by atoms with E-state index in [0.717, 1.165) is 12.8 Å². The molecule has 0 radical (unpaired) electrons. The number of nitrogens with zero attached hydrogens (tertiary/aromatic N) is 1. The zero-order chi connectivity index (χ0) is 13.8. The number of carbonyl (C=O) groups excluding carboxylic acids is 1. The van der Waals surface area contributed by atoms with Crippen molar-refractivity contribution in [2.24, 2.45) is 5.92 Å². The van der Waals surface area contributed by atoms with E-state index in [-0.39, 0.29) is 29.5 Å². The van der Waals surface area contributed by atoms with Crippen LogP contribution in [-0.2, 0) is 0 Å². The van der Waals surface area contributed by atoms with Gasteiger partial charge in [0.15, 0.2) is 11.5 Å². The van der Waals surface area contributed by atoms with Crippen LogP contribution in [0.3, 0.4) is 0 Å². The minimum Gasteiger partial charge on any atom is -0.504 e. The molecule has 0 spiro atoms.